The molecule has 2 aromatic rings. The number of aromatic nitrogens is 1. The van der Waals surface area contributed by atoms with Crippen molar-refractivity contribution in [3.63, 3.8) is 0 Å². The fourth-order valence-corrected chi connectivity index (χ4v) is 1.90. The van der Waals surface area contributed by atoms with Crippen LogP contribution in [0.1, 0.15) is 17.5 Å². The van der Waals surface area contributed by atoms with Crippen LogP contribution < -0.4 is 0 Å². The van der Waals surface area contributed by atoms with Crippen LogP contribution in [0.3, 0.4) is 0 Å². The van der Waals surface area contributed by atoms with E-state index in [9.17, 15) is 10.1 Å². The summed E-state index contributed by atoms with van der Waals surface area (Å²) in [5.41, 5.74) is 1.98. The number of nitro benzene ring substituents is 1. The topological polar surface area (TPSA) is 79.8 Å². The zero-order valence-electron chi connectivity index (χ0n) is 9.88. The maximum absolute atomic E-state index is 11.0. The number of fused-ring (bicyclic) bond motifs is 1. The lowest BCUT2D eigenvalue weighted by molar-refractivity contribution is -0.383. The highest BCUT2D eigenvalue weighted by Crippen LogP contribution is 2.27. The predicted octanol–water partition coefficient (Wildman–Crippen LogP) is 2.91. The maximum Gasteiger partial charge on any atom is 0.298 e. The Morgan fingerprint density at radius 3 is 2.94 bits per heavy atom. The Morgan fingerprint density at radius 1 is 1.50 bits per heavy atom. The summed E-state index contributed by atoms with van der Waals surface area (Å²) in [6.45, 7) is 1.70. The predicted molar refractivity (Wildman–Crippen MR) is 67.1 cm³/mol. The molecular formula is C13H11N3O2. The minimum absolute atomic E-state index is 0.0549. The second-order valence-corrected chi connectivity index (χ2v) is 4.06. The molecule has 2 rings (SSSR count). The first-order valence-corrected chi connectivity index (χ1v) is 5.53. The zero-order chi connectivity index (χ0) is 13.1. The minimum Gasteiger partial charge on any atom is -0.258 e. The molecule has 0 spiro atoms. The third kappa shape index (κ3) is 2.13. The molecule has 0 amide bonds. The third-order valence-electron chi connectivity index (χ3n) is 2.79. The lowest BCUT2D eigenvalue weighted by atomic mass is 10.1. The molecule has 5 nitrogen and oxygen atoms in total. The number of nitrogens with zero attached hydrogens (tertiary/aromatic N) is 3. The van der Waals surface area contributed by atoms with Gasteiger partial charge in [-0.2, -0.15) is 5.26 Å². The summed E-state index contributed by atoms with van der Waals surface area (Å²) in [6, 6.07) is 7.46. The highest BCUT2D eigenvalue weighted by atomic mass is 16.6. The Kier molecular flexibility index (Phi) is 3.20. The number of hydrogen-bond donors (Lipinski definition) is 0. The standard InChI is InChI=1S/C13H11N3O2/c1-9-4-5-11-7-10(3-2-6-14)8-15-12(11)13(9)16(17)18/h4-5,7-8H,2-3H2,1H3. The van der Waals surface area contributed by atoms with E-state index in [0.717, 1.165) is 10.9 Å². The van der Waals surface area contributed by atoms with E-state index in [1.807, 2.05) is 12.1 Å². The Hall–Kier alpha value is -2.48. The first-order valence-electron chi connectivity index (χ1n) is 5.53. The van der Waals surface area contributed by atoms with Crippen molar-refractivity contribution < 1.29 is 4.92 Å². The zero-order valence-corrected chi connectivity index (χ0v) is 9.88. The van der Waals surface area contributed by atoms with Gasteiger partial charge in [-0.05, 0) is 25.0 Å². The van der Waals surface area contributed by atoms with E-state index >= 15 is 0 Å². The molecule has 18 heavy (non-hydrogen) atoms. The Balaban J connectivity index is 2.57. The molecule has 5 heteroatoms. The van der Waals surface area contributed by atoms with Crippen LogP contribution in [0, 0.1) is 28.4 Å². The van der Waals surface area contributed by atoms with Crippen molar-refractivity contribution in [2.45, 2.75) is 19.8 Å². The van der Waals surface area contributed by atoms with Crippen molar-refractivity contribution in [1.29, 1.82) is 5.26 Å². The largest absolute Gasteiger partial charge is 0.298 e. The van der Waals surface area contributed by atoms with Crippen molar-refractivity contribution in [3.8, 4) is 6.07 Å². The van der Waals surface area contributed by atoms with Gasteiger partial charge in [0.25, 0.3) is 5.69 Å². The van der Waals surface area contributed by atoms with Gasteiger partial charge in [0, 0.05) is 23.6 Å². The van der Waals surface area contributed by atoms with Gasteiger partial charge >= 0.3 is 0 Å². The fourth-order valence-electron chi connectivity index (χ4n) is 1.90. The number of hydrogen-bond acceptors (Lipinski definition) is 4. The van der Waals surface area contributed by atoms with E-state index in [1.165, 1.54) is 0 Å². The molecule has 0 fully saturated rings. The molecule has 0 bridgehead atoms. The van der Waals surface area contributed by atoms with Gasteiger partial charge in [-0.15, -0.1) is 0 Å². The second-order valence-electron chi connectivity index (χ2n) is 4.06. The summed E-state index contributed by atoms with van der Waals surface area (Å²) < 4.78 is 0. The van der Waals surface area contributed by atoms with Gasteiger partial charge in [0.1, 0.15) is 5.52 Å². The summed E-state index contributed by atoms with van der Waals surface area (Å²) in [5, 5.41) is 20.3. The van der Waals surface area contributed by atoms with Crippen LogP contribution in [-0.4, -0.2) is 9.91 Å². The quantitative estimate of drug-likeness (QED) is 0.611. The van der Waals surface area contributed by atoms with Crippen LogP contribution >= 0.6 is 0 Å². The summed E-state index contributed by atoms with van der Waals surface area (Å²) in [6.07, 6.45) is 2.63. The van der Waals surface area contributed by atoms with Crippen LogP contribution in [0.2, 0.25) is 0 Å². The number of benzene rings is 1. The normalized spacial score (nSPS) is 10.2. The Bertz CT molecular complexity index is 659. The molecule has 0 aliphatic rings. The SMILES string of the molecule is Cc1ccc2cc(CCC#N)cnc2c1[N+](=O)[O-]. The number of nitro groups is 1. The molecule has 0 unspecified atom stereocenters. The van der Waals surface area contributed by atoms with Gasteiger partial charge in [0.2, 0.25) is 0 Å². The number of nitriles is 1. The van der Waals surface area contributed by atoms with E-state index in [4.69, 9.17) is 5.26 Å². The van der Waals surface area contributed by atoms with Crippen molar-refractivity contribution in [1.82, 2.24) is 4.98 Å². The molecule has 0 N–H and O–H groups in total. The van der Waals surface area contributed by atoms with Crippen LogP contribution in [0.5, 0.6) is 0 Å². The highest BCUT2D eigenvalue weighted by Gasteiger charge is 2.16. The summed E-state index contributed by atoms with van der Waals surface area (Å²) in [4.78, 5) is 14.8. The molecule has 0 saturated carbocycles. The van der Waals surface area contributed by atoms with E-state index < -0.39 is 4.92 Å². The number of aryl methyl sites for hydroxylation is 2. The lowest BCUT2D eigenvalue weighted by Gasteiger charge is -2.04. The molecule has 1 aromatic heterocycles. The van der Waals surface area contributed by atoms with Gasteiger partial charge in [-0.1, -0.05) is 12.1 Å². The Labute approximate surface area is 104 Å². The average molecular weight is 241 g/mol. The van der Waals surface area contributed by atoms with E-state index in [2.05, 4.69) is 11.1 Å². The van der Waals surface area contributed by atoms with Crippen molar-refractivity contribution >= 4 is 16.6 Å². The van der Waals surface area contributed by atoms with Gasteiger partial charge in [-0.25, -0.2) is 4.98 Å². The molecule has 0 atom stereocenters. The minimum atomic E-state index is -0.403. The molecule has 1 heterocycles. The average Bonchev–Trinajstić information content (AvgIpc) is 2.35. The van der Waals surface area contributed by atoms with Crippen molar-refractivity contribution in [3.05, 3.63) is 45.6 Å². The molecular weight excluding hydrogens is 230 g/mol. The second kappa shape index (κ2) is 4.80. The van der Waals surface area contributed by atoms with E-state index in [-0.39, 0.29) is 5.69 Å². The molecule has 0 radical (unpaired) electrons. The van der Waals surface area contributed by atoms with Gasteiger partial charge in [0.05, 0.1) is 11.0 Å². The summed E-state index contributed by atoms with van der Waals surface area (Å²) in [7, 11) is 0. The molecule has 1 aromatic carbocycles. The van der Waals surface area contributed by atoms with Gasteiger partial charge in [0.15, 0.2) is 0 Å². The van der Waals surface area contributed by atoms with E-state index in [1.54, 1.807) is 19.2 Å². The summed E-state index contributed by atoms with van der Waals surface area (Å²) >= 11 is 0. The van der Waals surface area contributed by atoms with Gasteiger partial charge < -0.3 is 0 Å². The van der Waals surface area contributed by atoms with Crippen LogP contribution in [0.4, 0.5) is 5.69 Å². The highest BCUT2D eigenvalue weighted by molar-refractivity contribution is 5.88. The smallest absolute Gasteiger partial charge is 0.258 e. The van der Waals surface area contributed by atoms with Crippen LogP contribution in [-0.2, 0) is 6.42 Å². The number of rotatable bonds is 3. The molecule has 0 aliphatic heterocycles. The van der Waals surface area contributed by atoms with Crippen molar-refractivity contribution in [2.24, 2.45) is 0 Å². The monoisotopic (exact) mass is 241 g/mol. The molecule has 90 valence electrons. The van der Waals surface area contributed by atoms with Crippen LogP contribution in [0.25, 0.3) is 10.9 Å². The molecule has 0 aliphatic carbocycles. The van der Waals surface area contributed by atoms with E-state index in [0.29, 0.717) is 23.9 Å². The Morgan fingerprint density at radius 2 is 2.28 bits per heavy atom. The number of pyridine rings is 1. The first kappa shape index (κ1) is 12.0. The maximum atomic E-state index is 11.0. The first-order chi connectivity index (χ1) is 8.63. The van der Waals surface area contributed by atoms with Crippen LogP contribution in [0.15, 0.2) is 24.4 Å². The van der Waals surface area contributed by atoms with Crippen molar-refractivity contribution in [2.75, 3.05) is 0 Å². The summed E-state index contributed by atoms with van der Waals surface area (Å²) in [5.74, 6) is 0. The third-order valence-corrected chi connectivity index (χ3v) is 2.79. The van der Waals surface area contributed by atoms with Gasteiger partial charge in [-0.3, -0.25) is 10.1 Å². The molecule has 0 saturated heterocycles. The lowest BCUT2D eigenvalue weighted by Crippen LogP contribution is -1.96. The fraction of sp³-hybridized carbons (Fsp3) is 0.231.